The number of hydrogen-bond donors (Lipinski definition) is 2. The van der Waals surface area contributed by atoms with Gasteiger partial charge >= 0.3 is 0 Å². The van der Waals surface area contributed by atoms with Crippen LogP contribution in [0.1, 0.15) is 10.4 Å². The number of nitrogens with two attached hydrogens (primary N) is 1. The Hall–Kier alpha value is -1.33. The van der Waals surface area contributed by atoms with Crippen molar-refractivity contribution in [2.45, 2.75) is 0 Å². The van der Waals surface area contributed by atoms with Gasteiger partial charge in [-0.1, -0.05) is 11.6 Å². The van der Waals surface area contributed by atoms with Gasteiger partial charge in [0, 0.05) is 19.9 Å². The van der Waals surface area contributed by atoms with E-state index in [-0.39, 0.29) is 16.7 Å². The van der Waals surface area contributed by atoms with Crippen LogP contribution in [-0.2, 0) is 4.74 Å². The number of anilines is 1. The summed E-state index contributed by atoms with van der Waals surface area (Å²) in [5.41, 5.74) is 5.80. The highest BCUT2D eigenvalue weighted by molar-refractivity contribution is 6.33. The van der Waals surface area contributed by atoms with Crippen molar-refractivity contribution >= 4 is 23.3 Å². The van der Waals surface area contributed by atoms with E-state index in [9.17, 15) is 4.79 Å². The Balaban J connectivity index is 2.62. The number of amides is 1. The summed E-state index contributed by atoms with van der Waals surface area (Å²) >= 11 is 5.73. The average molecular weight is 230 g/mol. The second-order valence-corrected chi connectivity index (χ2v) is 3.25. The van der Waals surface area contributed by atoms with Gasteiger partial charge in [0.2, 0.25) is 0 Å². The third kappa shape index (κ3) is 3.38. The van der Waals surface area contributed by atoms with Crippen LogP contribution in [0.5, 0.6) is 0 Å². The number of hydrogen-bond acceptors (Lipinski definition) is 4. The first kappa shape index (κ1) is 11.7. The second-order valence-electron chi connectivity index (χ2n) is 2.84. The fraction of sp³-hybridized carbons (Fsp3) is 0.333. The number of pyridine rings is 1. The minimum Gasteiger partial charge on any atom is -0.383 e. The first-order valence-corrected chi connectivity index (χ1v) is 4.71. The quantitative estimate of drug-likeness (QED) is 0.745. The Kier molecular flexibility index (Phi) is 4.33. The molecular formula is C9H12ClN3O2. The van der Waals surface area contributed by atoms with E-state index >= 15 is 0 Å². The molecular weight excluding hydrogens is 218 g/mol. The SMILES string of the molecule is COCCNC(=O)c1cnc(N)c(Cl)c1. The van der Waals surface area contributed by atoms with Crippen LogP contribution in [-0.4, -0.2) is 31.2 Å². The van der Waals surface area contributed by atoms with Crippen molar-refractivity contribution in [3.8, 4) is 0 Å². The normalized spacial score (nSPS) is 10.0. The zero-order valence-electron chi connectivity index (χ0n) is 8.29. The number of carbonyl (C=O) groups is 1. The summed E-state index contributed by atoms with van der Waals surface area (Å²) in [6.45, 7) is 0.902. The van der Waals surface area contributed by atoms with Gasteiger partial charge in [0.25, 0.3) is 5.91 Å². The lowest BCUT2D eigenvalue weighted by Gasteiger charge is -2.05. The van der Waals surface area contributed by atoms with Crippen LogP contribution < -0.4 is 11.1 Å². The van der Waals surface area contributed by atoms with Crippen molar-refractivity contribution < 1.29 is 9.53 Å². The topological polar surface area (TPSA) is 77.2 Å². The molecule has 1 heterocycles. The van der Waals surface area contributed by atoms with Gasteiger partial charge < -0.3 is 15.8 Å². The maximum atomic E-state index is 11.5. The monoisotopic (exact) mass is 229 g/mol. The Morgan fingerprint density at radius 3 is 3.07 bits per heavy atom. The van der Waals surface area contributed by atoms with Crippen LogP contribution in [0.15, 0.2) is 12.3 Å². The van der Waals surface area contributed by atoms with E-state index in [1.54, 1.807) is 7.11 Å². The van der Waals surface area contributed by atoms with Crippen molar-refractivity contribution in [1.29, 1.82) is 0 Å². The summed E-state index contributed by atoms with van der Waals surface area (Å²) < 4.78 is 4.79. The van der Waals surface area contributed by atoms with Crippen molar-refractivity contribution in [3.05, 3.63) is 22.8 Å². The molecule has 0 aliphatic rings. The lowest BCUT2D eigenvalue weighted by atomic mass is 10.2. The zero-order chi connectivity index (χ0) is 11.3. The van der Waals surface area contributed by atoms with E-state index < -0.39 is 0 Å². The van der Waals surface area contributed by atoms with Gasteiger partial charge in [-0.05, 0) is 6.07 Å². The number of nitrogens with one attached hydrogen (secondary N) is 1. The molecule has 0 aromatic carbocycles. The first-order valence-electron chi connectivity index (χ1n) is 4.33. The third-order valence-electron chi connectivity index (χ3n) is 1.72. The smallest absolute Gasteiger partial charge is 0.252 e. The van der Waals surface area contributed by atoms with E-state index in [0.29, 0.717) is 18.7 Å². The van der Waals surface area contributed by atoms with Crippen LogP contribution in [0.2, 0.25) is 5.02 Å². The molecule has 1 rings (SSSR count). The van der Waals surface area contributed by atoms with Crippen LogP contribution in [0.4, 0.5) is 5.82 Å². The van der Waals surface area contributed by atoms with Gasteiger partial charge in [0.1, 0.15) is 5.82 Å². The molecule has 0 bridgehead atoms. The molecule has 15 heavy (non-hydrogen) atoms. The Morgan fingerprint density at radius 1 is 1.73 bits per heavy atom. The van der Waals surface area contributed by atoms with Gasteiger partial charge in [-0.2, -0.15) is 0 Å². The van der Waals surface area contributed by atoms with Crippen LogP contribution in [0.3, 0.4) is 0 Å². The van der Waals surface area contributed by atoms with E-state index in [1.807, 2.05) is 0 Å². The molecule has 82 valence electrons. The molecule has 0 saturated carbocycles. The molecule has 0 atom stereocenters. The Morgan fingerprint density at radius 2 is 2.47 bits per heavy atom. The molecule has 0 unspecified atom stereocenters. The van der Waals surface area contributed by atoms with Crippen LogP contribution >= 0.6 is 11.6 Å². The fourth-order valence-electron chi connectivity index (χ4n) is 0.941. The third-order valence-corrected chi connectivity index (χ3v) is 2.03. The molecule has 1 amide bonds. The minimum absolute atomic E-state index is 0.213. The number of methoxy groups -OCH3 is 1. The van der Waals surface area contributed by atoms with Gasteiger partial charge in [-0.15, -0.1) is 0 Å². The molecule has 0 spiro atoms. The van der Waals surface area contributed by atoms with E-state index in [2.05, 4.69) is 10.3 Å². The summed E-state index contributed by atoms with van der Waals surface area (Å²) in [6.07, 6.45) is 1.38. The van der Waals surface area contributed by atoms with Crippen LogP contribution in [0.25, 0.3) is 0 Å². The molecule has 0 fully saturated rings. The molecule has 5 nitrogen and oxygen atoms in total. The molecule has 0 radical (unpaired) electrons. The molecule has 0 aliphatic carbocycles. The van der Waals surface area contributed by atoms with Crippen LogP contribution in [0, 0.1) is 0 Å². The molecule has 0 saturated heterocycles. The molecule has 6 heteroatoms. The highest BCUT2D eigenvalue weighted by Crippen LogP contribution is 2.16. The molecule has 0 aliphatic heterocycles. The van der Waals surface area contributed by atoms with Gasteiger partial charge in [-0.25, -0.2) is 4.98 Å². The Bertz CT molecular complexity index is 357. The number of ether oxygens (including phenoxy) is 1. The van der Waals surface area contributed by atoms with Crippen molar-refractivity contribution in [3.63, 3.8) is 0 Å². The van der Waals surface area contributed by atoms with Crippen molar-refractivity contribution in [2.75, 3.05) is 26.0 Å². The number of rotatable bonds is 4. The number of aromatic nitrogens is 1. The summed E-state index contributed by atoms with van der Waals surface area (Å²) in [5, 5.41) is 2.92. The summed E-state index contributed by atoms with van der Waals surface area (Å²) in [6, 6.07) is 1.48. The molecule has 1 aromatic heterocycles. The van der Waals surface area contributed by atoms with E-state index in [1.165, 1.54) is 12.3 Å². The van der Waals surface area contributed by atoms with Crippen molar-refractivity contribution in [2.24, 2.45) is 0 Å². The second kappa shape index (κ2) is 5.53. The number of halogens is 1. The van der Waals surface area contributed by atoms with Gasteiger partial charge in [0.15, 0.2) is 0 Å². The maximum absolute atomic E-state index is 11.5. The molecule has 3 N–H and O–H groups in total. The predicted octanol–water partition coefficient (Wildman–Crippen LogP) is 0.693. The summed E-state index contributed by atoms with van der Waals surface area (Å²) in [7, 11) is 1.56. The highest BCUT2D eigenvalue weighted by atomic mass is 35.5. The van der Waals surface area contributed by atoms with Gasteiger partial charge in [0.05, 0.1) is 17.2 Å². The van der Waals surface area contributed by atoms with Gasteiger partial charge in [-0.3, -0.25) is 4.79 Å². The fourth-order valence-corrected chi connectivity index (χ4v) is 1.11. The first-order chi connectivity index (χ1) is 7.15. The number of nitrogens with zero attached hydrogens (tertiary/aromatic N) is 1. The Labute approximate surface area is 92.6 Å². The maximum Gasteiger partial charge on any atom is 0.252 e. The number of carbonyl (C=O) groups excluding carboxylic acids is 1. The standard InChI is InChI=1S/C9H12ClN3O2/c1-15-3-2-12-9(14)6-4-7(10)8(11)13-5-6/h4-5H,2-3H2,1H3,(H2,11,13)(H,12,14). The molecule has 1 aromatic rings. The predicted molar refractivity (Wildman–Crippen MR) is 57.9 cm³/mol. The zero-order valence-corrected chi connectivity index (χ0v) is 9.04. The van der Waals surface area contributed by atoms with Crippen molar-refractivity contribution in [1.82, 2.24) is 10.3 Å². The number of nitrogen functional groups attached to an aromatic ring is 1. The lowest BCUT2D eigenvalue weighted by molar-refractivity contribution is 0.0937. The largest absolute Gasteiger partial charge is 0.383 e. The minimum atomic E-state index is -0.249. The average Bonchev–Trinajstić information content (AvgIpc) is 2.22. The summed E-state index contributed by atoms with van der Waals surface area (Å²) in [4.78, 5) is 15.3. The van der Waals surface area contributed by atoms with E-state index in [4.69, 9.17) is 22.1 Å². The lowest BCUT2D eigenvalue weighted by Crippen LogP contribution is -2.27. The highest BCUT2D eigenvalue weighted by Gasteiger charge is 2.07. The van der Waals surface area contributed by atoms with E-state index in [0.717, 1.165) is 0 Å². The summed E-state index contributed by atoms with van der Waals surface area (Å²) in [5.74, 6) is -0.0356.